The predicted molar refractivity (Wildman–Crippen MR) is 87.9 cm³/mol. The molecule has 0 fully saturated rings. The molecule has 2 heterocycles. The van der Waals surface area contributed by atoms with Gasteiger partial charge in [0.15, 0.2) is 0 Å². The minimum absolute atomic E-state index is 0.195. The Bertz CT molecular complexity index is 810. The molecular weight excluding hydrogens is 290 g/mol. The molecule has 0 saturated carbocycles. The Balaban J connectivity index is 1.67. The van der Waals surface area contributed by atoms with E-state index in [1.54, 1.807) is 10.7 Å². The number of hydrogen-bond acceptors (Lipinski definition) is 3. The third-order valence-electron chi connectivity index (χ3n) is 3.76. The van der Waals surface area contributed by atoms with E-state index >= 15 is 0 Å². The molecule has 2 N–H and O–H groups in total. The van der Waals surface area contributed by atoms with Crippen LogP contribution in [0.4, 0.5) is 0 Å². The zero-order valence-electron chi connectivity index (χ0n) is 13.4. The fourth-order valence-electron chi connectivity index (χ4n) is 2.30. The Morgan fingerprint density at radius 2 is 1.96 bits per heavy atom. The summed E-state index contributed by atoms with van der Waals surface area (Å²) in [6, 6.07) is 11.7. The summed E-state index contributed by atoms with van der Waals surface area (Å²) in [7, 11) is 1.88. The number of carbonyl (C=O) groups excluding carboxylic acids is 1. The van der Waals surface area contributed by atoms with Crippen LogP contribution in [-0.4, -0.2) is 25.9 Å². The van der Waals surface area contributed by atoms with Crippen LogP contribution in [0.3, 0.4) is 0 Å². The Labute approximate surface area is 134 Å². The second-order valence-electron chi connectivity index (χ2n) is 5.62. The van der Waals surface area contributed by atoms with Gasteiger partial charge in [0.25, 0.3) is 5.91 Å². The van der Waals surface area contributed by atoms with E-state index in [0.717, 1.165) is 22.6 Å². The highest BCUT2D eigenvalue weighted by atomic mass is 16.1. The van der Waals surface area contributed by atoms with Crippen LogP contribution in [0.2, 0.25) is 0 Å². The van der Waals surface area contributed by atoms with Gasteiger partial charge >= 0.3 is 0 Å². The van der Waals surface area contributed by atoms with Gasteiger partial charge in [0.2, 0.25) is 0 Å². The van der Waals surface area contributed by atoms with Crippen LogP contribution in [0.25, 0.3) is 11.3 Å². The van der Waals surface area contributed by atoms with Crippen molar-refractivity contribution in [2.75, 3.05) is 0 Å². The number of nitrogens with one attached hydrogen (secondary N) is 2. The molecular formula is C17H19N5O. The standard InChI is InChI=1S/C17H19N5O/c1-11-4-6-13(7-5-11)15-9-16(20-19-15)17(23)18-10-14-8-12(2)22(3)21-14/h4-9H,10H2,1-3H3,(H,18,23)(H,19,20). The van der Waals surface area contributed by atoms with Crippen LogP contribution < -0.4 is 5.32 Å². The second-order valence-corrected chi connectivity index (χ2v) is 5.62. The van der Waals surface area contributed by atoms with E-state index in [1.807, 2.05) is 51.2 Å². The van der Waals surface area contributed by atoms with E-state index in [2.05, 4.69) is 20.6 Å². The van der Waals surface area contributed by atoms with Gasteiger partial charge in [-0.25, -0.2) is 0 Å². The number of rotatable bonds is 4. The zero-order chi connectivity index (χ0) is 16.4. The van der Waals surface area contributed by atoms with Crippen molar-refractivity contribution in [1.82, 2.24) is 25.3 Å². The maximum absolute atomic E-state index is 12.2. The minimum Gasteiger partial charge on any atom is -0.345 e. The van der Waals surface area contributed by atoms with E-state index in [-0.39, 0.29) is 5.91 Å². The molecule has 0 atom stereocenters. The largest absolute Gasteiger partial charge is 0.345 e. The van der Waals surface area contributed by atoms with Crippen molar-refractivity contribution in [2.24, 2.45) is 7.05 Å². The molecule has 0 aliphatic carbocycles. The van der Waals surface area contributed by atoms with Crippen LogP contribution in [0.1, 0.15) is 27.4 Å². The lowest BCUT2D eigenvalue weighted by molar-refractivity contribution is 0.0945. The average Bonchev–Trinajstić information content (AvgIpc) is 3.13. The molecule has 6 nitrogen and oxygen atoms in total. The molecule has 0 saturated heterocycles. The van der Waals surface area contributed by atoms with Gasteiger partial charge in [-0.05, 0) is 26.0 Å². The van der Waals surface area contributed by atoms with Crippen molar-refractivity contribution in [1.29, 1.82) is 0 Å². The maximum Gasteiger partial charge on any atom is 0.269 e. The monoisotopic (exact) mass is 309 g/mol. The number of aromatic amines is 1. The highest BCUT2D eigenvalue weighted by Crippen LogP contribution is 2.18. The lowest BCUT2D eigenvalue weighted by atomic mass is 10.1. The van der Waals surface area contributed by atoms with Crippen molar-refractivity contribution >= 4 is 5.91 Å². The molecule has 118 valence electrons. The lowest BCUT2D eigenvalue weighted by Gasteiger charge is -2.00. The van der Waals surface area contributed by atoms with Crippen molar-refractivity contribution < 1.29 is 4.79 Å². The summed E-state index contributed by atoms with van der Waals surface area (Å²) in [5.41, 5.74) is 5.24. The van der Waals surface area contributed by atoms with E-state index in [1.165, 1.54) is 5.56 Å². The lowest BCUT2D eigenvalue weighted by Crippen LogP contribution is -2.23. The summed E-state index contributed by atoms with van der Waals surface area (Å²) >= 11 is 0. The van der Waals surface area contributed by atoms with Gasteiger partial charge in [0.1, 0.15) is 5.69 Å². The number of H-pyrrole nitrogens is 1. The Hall–Kier alpha value is -2.89. The molecule has 3 aromatic rings. The summed E-state index contributed by atoms with van der Waals surface area (Å²) in [5, 5.41) is 14.1. The van der Waals surface area contributed by atoms with E-state index in [4.69, 9.17) is 0 Å². The molecule has 1 aromatic carbocycles. The molecule has 23 heavy (non-hydrogen) atoms. The summed E-state index contributed by atoms with van der Waals surface area (Å²) in [4.78, 5) is 12.2. The number of carbonyl (C=O) groups is 1. The average molecular weight is 309 g/mol. The third-order valence-corrected chi connectivity index (χ3v) is 3.76. The van der Waals surface area contributed by atoms with Crippen molar-refractivity contribution in [3.8, 4) is 11.3 Å². The predicted octanol–water partition coefficient (Wildman–Crippen LogP) is 2.36. The molecule has 0 aliphatic heterocycles. The first-order valence-electron chi connectivity index (χ1n) is 7.43. The van der Waals surface area contributed by atoms with Crippen LogP contribution in [0, 0.1) is 13.8 Å². The molecule has 0 radical (unpaired) electrons. The molecule has 1 amide bonds. The van der Waals surface area contributed by atoms with Gasteiger partial charge in [0, 0.05) is 18.3 Å². The zero-order valence-corrected chi connectivity index (χ0v) is 13.4. The molecule has 0 unspecified atom stereocenters. The number of aryl methyl sites for hydroxylation is 3. The molecule has 0 spiro atoms. The second kappa shape index (κ2) is 6.08. The van der Waals surface area contributed by atoms with Crippen molar-refractivity contribution in [3.63, 3.8) is 0 Å². The first-order chi connectivity index (χ1) is 11.0. The van der Waals surface area contributed by atoms with Crippen molar-refractivity contribution in [3.05, 3.63) is 59.0 Å². The van der Waals surface area contributed by atoms with Gasteiger partial charge in [-0.15, -0.1) is 0 Å². The van der Waals surface area contributed by atoms with Gasteiger partial charge < -0.3 is 5.32 Å². The summed E-state index contributed by atoms with van der Waals surface area (Å²) in [6.45, 7) is 4.40. The quantitative estimate of drug-likeness (QED) is 0.777. The van der Waals surface area contributed by atoms with Crippen LogP contribution in [0.15, 0.2) is 36.4 Å². The Kier molecular flexibility index (Phi) is 3.97. The first kappa shape index (κ1) is 15.0. The Morgan fingerprint density at radius 3 is 2.61 bits per heavy atom. The van der Waals surface area contributed by atoms with Crippen LogP contribution in [-0.2, 0) is 13.6 Å². The Morgan fingerprint density at radius 1 is 1.22 bits per heavy atom. The van der Waals surface area contributed by atoms with Gasteiger partial charge in [-0.1, -0.05) is 29.8 Å². The van der Waals surface area contributed by atoms with Gasteiger partial charge in [-0.3, -0.25) is 14.6 Å². The van der Waals surface area contributed by atoms with E-state index in [9.17, 15) is 4.79 Å². The van der Waals surface area contributed by atoms with Crippen LogP contribution in [0.5, 0.6) is 0 Å². The fourth-order valence-corrected chi connectivity index (χ4v) is 2.30. The van der Waals surface area contributed by atoms with Crippen molar-refractivity contribution in [2.45, 2.75) is 20.4 Å². The third kappa shape index (κ3) is 3.31. The number of benzene rings is 1. The summed E-state index contributed by atoms with van der Waals surface area (Å²) < 4.78 is 1.78. The normalized spacial score (nSPS) is 10.7. The number of aromatic nitrogens is 4. The first-order valence-corrected chi connectivity index (χ1v) is 7.43. The van der Waals surface area contributed by atoms with E-state index < -0.39 is 0 Å². The van der Waals surface area contributed by atoms with Crippen LogP contribution >= 0.6 is 0 Å². The number of amides is 1. The SMILES string of the molecule is Cc1ccc(-c2cc(C(=O)NCc3cc(C)n(C)n3)[nH]n2)cc1. The molecule has 2 aromatic heterocycles. The van der Waals surface area contributed by atoms with E-state index in [0.29, 0.717) is 12.2 Å². The summed E-state index contributed by atoms with van der Waals surface area (Å²) in [5.74, 6) is -0.195. The number of nitrogens with zero attached hydrogens (tertiary/aromatic N) is 3. The fraction of sp³-hybridized carbons (Fsp3) is 0.235. The molecule has 6 heteroatoms. The molecule has 0 bridgehead atoms. The smallest absolute Gasteiger partial charge is 0.269 e. The molecule has 3 rings (SSSR count). The number of hydrogen-bond donors (Lipinski definition) is 2. The summed E-state index contributed by atoms with van der Waals surface area (Å²) in [6.07, 6.45) is 0. The highest BCUT2D eigenvalue weighted by Gasteiger charge is 2.11. The maximum atomic E-state index is 12.2. The van der Waals surface area contributed by atoms with Gasteiger partial charge in [0.05, 0.1) is 17.9 Å². The molecule has 0 aliphatic rings. The van der Waals surface area contributed by atoms with Gasteiger partial charge in [-0.2, -0.15) is 10.2 Å². The highest BCUT2D eigenvalue weighted by molar-refractivity contribution is 5.93. The minimum atomic E-state index is -0.195. The topological polar surface area (TPSA) is 75.6 Å².